The predicted octanol–water partition coefficient (Wildman–Crippen LogP) is 2.24. The van der Waals surface area contributed by atoms with E-state index in [1.54, 1.807) is 0 Å². The van der Waals surface area contributed by atoms with E-state index in [4.69, 9.17) is 19.6 Å². The molecule has 3 rings (SSSR count). The topological polar surface area (TPSA) is 54.7 Å². The first kappa shape index (κ1) is 14.5. The van der Waals surface area contributed by atoms with Crippen LogP contribution >= 0.6 is 0 Å². The Kier molecular flexibility index (Phi) is 3.96. The van der Waals surface area contributed by atoms with E-state index in [1.165, 1.54) is 0 Å². The van der Waals surface area contributed by atoms with E-state index in [1.807, 2.05) is 37.1 Å². The number of benzene rings is 1. The second kappa shape index (κ2) is 5.74. The lowest BCUT2D eigenvalue weighted by Crippen LogP contribution is -2.40. The highest BCUT2D eigenvalue weighted by atomic mass is 16.8. The molecule has 0 aromatic heterocycles. The highest BCUT2D eigenvalue weighted by Crippen LogP contribution is 2.33. The Labute approximate surface area is 125 Å². The zero-order valence-corrected chi connectivity index (χ0v) is 12.4. The molecule has 2 heterocycles. The molecule has 2 aliphatic rings. The van der Waals surface area contributed by atoms with Gasteiger partial charge in [-0.05, 0) is 19.4 Å². The molecule has 0 saturated carbocycles. The molecular weight excluding hydrogens is 268 g/mol. The average Bonchev–Trinajstić information content (AvgIpc) is 3.03. The lowest BCUT2D eigenvalue weighted by Gasteiger charge is -2.27. The van der Waals surface area contributed by atoms with Crippen molar-refractivity contribution in [1.29, 1.82) is 5.26 Å². The van der Waals surface area contributed by atoms with Gasteiger partial charge in [0.05, 0.1) is 18.7 Å². The summed E-state index contributed by atoms with van der Waals surface area (Å²) in [6.45, 7) is 4.99. The first-order valence-corrected chi connectivity index (χ1v) is 7.26. The summed E-state index contributed by atoms with van der Waals surface area (Å²) in [4.78, 5) is 5.74. The van der Waals surface area contributed by atoms with Crippen LogP contribution < -0.4 is 0 Å². The van der Waals surface area contributed by atoms with Gasteiger partial charge in [-0.1, -0.05) is 30.3 Å². The Morgan fingerprint density at radius 3 is 2.71 bits per heavy atom. The summed E-state index contributed by atoms with van der Waals surface area (Å²) < 4.78 is 11.6. The van der Waals surface area contributed by atoms with Gasteiger partial charge in [0, 0.05) is 13.0 Å². The van der Waals surface area contributed by atoms with Crippen LogP contribution in [0.1, 0.15) is 25.8 Å². The van der Waals surface area contributed by atoms with Crippen LogP contribution in [0.3, 0.4) is 0 Å². The number of hydroxylamine groups is 2. The predicted molar refractivity (Wildman–Crippen MR) is 75.8 cm³/mol. The minimum absolute atomic E-state index is 0.0385. The molecule has 5 heteroatoms. The molecule has 0 bridgehead atoms. The number of hydrogen-bond donors (Lipinski definition) is 0. The fraction of sp³-hybridized carbons (Fsp3) is 0.562. The normalized spacial score (nSPS) is 32.1. The first-order valence-electron chi connectivity index (χ1n) is 7.26. The molecule has 1 aromatic rings. The summed E-state index contributed by atoms with van der Waals surface area (Å²) in [7, 11) is 0. The van der Waals surface area contributed by atoms with Crippen LogP contribution in [0.2, 0.25) is 0 Å². The largest absolute Gasteiger partial charge is 0.348 e. The molecule has 2 fully saturated rings. The molecule has 112 valence electrons. The third-order valence-corrected chi connectivity index (χ3v) is 3.87. The van der Waals surface area contributed by atoms with E-state index in [-0.39, 0.29) is 12.1 Å². The number of rotatable bonds is 3. The zero-order chi connectivity index (χ0) is 14.9. The van der Waals surface area contributed by atoms with Gasteiger partial charge < -0.3 is 9.47 Å². The molecule has 0 amide bonds. The number of hydrogen-bond acceptors (Lipinski definition) is 5. The van der Waals surface area contributed by atoms with Crippen molar-refractivity contribution < 1.29 is 14.3 Å². The minimum atomic E-state index is -0.562. The Hall–Kier alpha value is -1.45. The lowest BCUT2D eigenvalue weighted by atomic mass is 10.1. The standard InChI is InChI=1S/C16H20N2O3/c1-16(2)19-11-15(20-16)14-8-13(9-17)21-18(14)10-12-6-4-3-5-7-12/h3-7,13-15H,8,10-11H2,1-2H3/t13-,14+,15+/m0/s1. The fourth-order valence-electron chi connectivity index (χ4n) is 2.86. The fourth-order valence-corrected chi connectivity index (χ4v) is 2.86. The molecule has 0 radical (unpaired) electrons. The van der Waals surface area contributed by atoms with Gasteiger partial charge in [0.2, 0.25) is 0 Å². The zero-order valence-electron chi connectivity index (χ0n) is 12.4. The van der Waals surface area contributed by atoms with Gasteiger partial charge in [-0.15, -0.1) is 0 Å². The van der Waals surface area contributed by atoms with Crippen LogP contribution in [0, 0.1) is 11.3 Å². The van der Waals surface area contributed by atoms with Gasteiger partial charge in [0.15, 0.2) is 11.9 Å². The van der Waals surface area contributed by atoms with E-state index in [2.05, 4.69) is 18.2 Å². The van der Waals surface area contributed by atoms with E-state index in [9.17, 15) is 0 Å². The molecular formula is C16H20N2O3. The SMILES string of the molecule is CC1(C)OC[C@H]([C@H]2C[C@@H](C#N)ON2Cc2ccccc2)O1. The third-order valence-electron chi connectivity index (χ3n) is 3.87. The second-order valence-corrected chi connectivity index (χ2v) is 5.95. The van der Waals surface area contributed by atoms with Gasteiger partial charge in [-0.25, -0.2) is 0 Å². The van der Waals surface area contributed by atoms with Crippen molar-refractivity contribution in [1.82, 2.24) is 5.06 Å². The van der Waals surface area contributed by atoms with E-state index in [0.29, 0.717) is 19.6 Å². The number of nitriles is 1. The Balaban J connectivity index is 1.73. The van der Waals surface area contributed by atoms with Crippen LogP contribution in [-0.2, 0) is 20.9 Å². The maximum Gasteiger partial charge on any atom is 0.167 e. The highest BCUT2D eigenvalue weighted by molar-refractivity contribution is 5.14. The molecule has 3 atom stereocenters. The van der Waals surface area contributed by atoms with Crippen LogP contribution in [0.15, 0.2) is 30.3 Å². The van der Waals surface area contributed by atoms with Crippen LogP contribution in [0.5, 0.6) is 0 Å². The Morgan fingerprint density at radius 1 is 1.33 bits per heavy atom. The molecule has 5 nitrogen and oxygen atoms in total. The van der Waals surface area contributed by atoms with Crippen LogP contribution in [0.4, 0.5) is 0 Å². The van der Waals surface area contributed by atoms with Crippen molar-refractivity contribution in [2.24, 2.45) is 0 Å². The van der Waals surface area contributed by atoms with Gasteiger partial charge in [0.1, 0.15) is 6.10 Å². The Morgan fingerprint density at radius 2 is 2.10 bits per heavy atom. The van der Waals surface area contributed by atoms with Crippen LogP contribution in [0.25, 0.3) is 0 Å². The molecule has 0 unspecified atom stereocenters. The van der Waals surface area contributed by atoms with Gasteiger partial charge in [-0.2, -0.15) is 10.3 Å². The van der Waals surface area contributed by atoms with Gasteiger partial charge in [-0.3, -0.25) is 4.84 Å². The minimum Gasteiger partial charge on any atom is -0.348 e. The second-order valence-electron chi connectivity index (χ2n) is 5.95. The van der Waals surface area contributed by atoms with Crippen molar-refractivity contribution in [3.05, 3.63) is 35.9 Å². The third kappa shape index (κ3) is 3.25. The molecule has 0 spiro atoms. The Bertz CT molecular complexity index is 526. The van der Waals surface area contributed by atoms with Crippen molar-refractivity contribution in [2.75, 3.05) is 6.61 Å². The highest BCUT2D eigenvalue weighted by Gasteiger charge is 2.45. The van der Waals surface area contributed by atoms with E-state index >= 15 is 0 Å². The smallest absolute Gasteiger partial charge is 0.167 e. The molecule has 2 aliphatic heterocycles. The van der Waals surface area contributed by atoms with Crippen molar-refractivity contribution in [3.8, 4) is 6.07 Å². The van der Waals surface area contributed by atoms with Gasteiger partial charge >= 0.3 is 0 Å². The monoisotopic (exact) mass is 288 g/mol. The number of nitrogens with zero attached hydrogens (tertiary/aromatic N) is 2. The first-order chi connectivity index (χ1) is 10.1. The average molecular weight is 288 g/mol. The summed E-state index contributed by atoms with van der Waals surface area (Å²) >= 11 is 0. The summed E-state index contributed by atoms with van der Waals surface area (Å²) in [6.07, 6.45) is 0.168. The van der Waals surface area contributed by atoms with Gasteiger partial charge in [0.25, 0.3) is 0 Å². The molecule has 0 aliphatic carbocycles. The van der Waals surface area contributed by atoms with E-state index in [0.717, 1.165) is 5.56 Å². The quantitative estimate of drug-likeness (QED) is 0.853. The van der Waals surface area contributed by atoms with Crippen molar-refractivity contribution in [3.63, 3.8) is 0 Å². The maximum absolute atomic E-state index is 9.14. The molecule has 21 heavy (non-hydrogen) atoms. The maximum atomic E-state index is 9.14. The molecule has 2 saturated heterocycles. The molecule has 1 aromatic carbocycles. The van der Waals surface area contributed by atoms with E-state index < -0.39 is 11.9 Å². The summed E-state index contributed by atoms with van der Waals surface area (Å²) in [5, 5.41) is 11.0. The molecule has 0 N–H and O–H groups in total. The number of ether oxygens (including phenoxy) is 2. The van der Waals surface area contributed by atoms with Crippen LogP contribution in [-0.4, -0.2) is 35.7 Å². The lowest BCUT2D eigenvalue weighted by molar-refractivity contribution is -0.188. The van der Waals surface area contributed by atoms with Crippen molar-refractivity contribution in [2.45, 2.75) is 50.8 Å². The van der Waals surface area contributed by atoms with Crippen molar-refractivity contribution >= 4 is 0 Å². The summed E-state index contributed by atoms with van der Waals surface area (Å²) in [5.41, 5.74) is 1.15. The summed E-state index contributed by atoms with van der Waals surface area (Å²) in [5.74, 6) is -0.562. The summed E-state index contributed by atoms with van der Waals surface area (Å²) in [6, 6.07) is 12.3.